The summed E-state index contributed by atoms with van der Waals surface area (Å²) in [5, 5.41) is 0. The molecule has 37 heavy (non-hydrogen) atoms. The first-order valence-electron chi connectivity index (χ1n) is 13.0. The lowest BCUT2D eigenvalue weighted by atomic mass is 9.78. The van der Waals surface area contributed by atoms with Crippen molar-refractivity contribution >= 4 is 11.9 Å². The normalized spacial score (nSPS) is 12.1. The van der Waals surface area contributed by atoms with Gasteiger partial charge in [0.05, 0.1) is 38.3 Å². The summed E-state index contributed by atoms with van der Waals surface area (Å²) in [6.07, 6.45) is 2.95. The Morgan fingerprint density at radius 2 is 0.919 bits per heavy atom. The highest BCUT2D eigenvalue weighted by atomic mass is 16.5. The lowest BCUT2D eigenvalue weighted by Crippen LogP contribution is -2.26. The molecule has 0 amide bonds. The van der Waals surface area contributed by atoms with Crippen molar-refractivity contribution in [2.75, 3.05) is 27.4 Å². The van der Waals surface area contributed by atoms with Crippen LogP contribution in [0.3, 0.4) is 0 Å². The van der Waals surface area contributed by atoms with Crippen molar-refractivity contribution in [3.8, 4) is 11.5 Å². The van der Waals surface area contributed by atoms with Crippen molar-refractivity contribution in [3.05, 3.63) is 59.7 Å². The third-order valence-electron chi connectivity index (χ3n) is 7.06. The molecule has 0 atom stereocenters. The molecule has 0 aliphatic heterocycles. The van der Waals surface area contributed by atoms with Crippen LogP contribution in [0.5, 0.6) is 11.5 Å². The van der Waals surface area contributed by atoms with E-state index in [2.05, 4.69) is 38.1 Å². The molecule has 2 aromatic carbocycles. The summed E-state index contributed by atoms with van der Waals surface area (Å²) < 4.78 is 21.5. The zero-order valence-corrected chi connectivity index (χ0v) is 23.8. The minimum atomic E-state index is -0.506. The predicted molar refractivity (Wildman–Crippen MR) is 146 cm³/mol. The van der Waals surface area contributed by atoms with E-state index in [0.29, 0.717) is 26.1 Å². The molecule has 0 unspecified atom stereocenters. The molecule has 6 heteroatoms. The average Bonchev–Trinajstić information content (AvgIpc) is 2.88. The molecular weight excluding hydrogens is 468 g/mol. The Hall–Kier alpha value is -3.02. The van der Waals surface area contributed by atoms with Gasteiger partial charge >= 0.3 is 11.9 Å². The van der Waals surface area contributed by atoms with E-state index in [1.807, 2.05) is 52.0 Å². The van der Waals surface area contributed by atoms with Gasteiger partial charge in [-0.3, -0.25) is 9.59 Å². The SMILES string of the molecule is COC(=O)C(C)(C)CCCOc1ccc(C(C)(C)c2ccc(OCCCC(C)(C)C(=O)OC)cc2)cc1. The van der Waals surface area contributed by atoms with Crippen molar-refractivity contribution in [2.45, 2.75) is 72.6 Å². The minimum absolute atomic E-state index is 0.188. The lowest BCUT2D eigenvalue weighted by Gasteiger charge is -2.26. The molecule has 0 N–H and O–H groups in total. The van der Waals surface area contributed by atoms with Crippen molar-refractivity contribution < 1.29 is 28.5 Å². The van der Waals surface area contributed by atoms with Crippen LogP contribution in [0.1, 0.15) is 78.4 Å². The summed E-state index contributed by atoms with van der Waals surface area (Å²) in [7, 11) is 2.84. The van der Waals surface area contributed by atoms with Gasteiger partial charge in [-0.15, -0.1) is 0 Å². The van der Waals surface area contributed by atoms with Gasteiger partial charge in [0.25, 0.3) is 0 Å². The van der Waals surface area contributed by atoms with Crippen LogP contribution in [-0.4, -0.2) is 39.4 Å². The number of carbonyl (C=O) groups is 2. The Morgan fingerprint density at radius 1 is 0.595 bits per heavy atom. The molecule has 2 aromatic rings. The number of carbonyl (C=O) groups excluding carboxylic acids is 2. The third kappa shape index (κ3) is 8.51. The fourth-order valence-electron chi connectivity index (χ4n) is 4.27. The maximum Gasteiger partial charge on any atom is 0.311 e. The van der Waals surface area contributed by atoms with E-state index in [1.165, 1.54) is 25.3 Å². The van der Waals surface area contributed by atoms with E-state index in [0.717, 1.165) is 24.3 Å². The molecule has 0 spiro atoms. The van der Waals surface area contributed by atoms with Crippen LogP contribution < -0.4 is 9.47 Å². The van der Waals surface area contributed by atoms with Crippen LogP contribution >= 0.6 is 0 Å². The van der Waals surface area contributed by atoms with Crippen molar-refractivity contribution in [1.82, 2.24) is 0 Å². The van der Waals surface area contributed by atoms with Gasteiger partial charge < -0.3 is 18.9 Å². The fraction of sp³-hybridized carbons (Fsp3) is 0.548. The van der Waals surface area contributed by atoms with E-state index in [-0.39, 0.29) is 17.4 Å². The van der Waals surface area contributed by atoms with Gasteiger partial charge in [-0.1, -0.05) is 38.1 Å². The van der Waals surface area contributed by atoms with E-state index in [1.54, 1.807) is 0 Å². The Labute approximate surface area is 222 Å². The van der Waals surface area contributed by atoms with Crippen molar-refractivity contribution in [3.63, 3.8) is 0 Å². The summed E-state index contributed by atoms with van der Waals surface area (Å²) in [6.45, 7) is 13.1. The van der Waals surface area contributed by atoms with Crippen LogP contribution in [0.2, 0.25) is 0 Å². The van der Waals surface area contributed by atoms with Crippen LogP contribution in [0.4, 0.5) is 0 Å². The number of methoxy groups -OCH3 is 2. The minimum Gasteiger partial charge on any atom is -0.494 e. The van der Waals surface area contributed by atoms with E-state index in [9.17, 15) is 9.59 Å². The Morgan fingerprint density at radius 3 is 1.22 bits per heavy atom. The van der Waals surface area contributed by atoms with E-state index >= 15 is 0 Å². The maximum atomic E-state index is 11.8. The number of esters is 2. The topological polar surface area (TPSA) is 71.1 Å². The maximum absolute atomic E-state index is 11.8. The fourth-order valence-corrected chi connectivity index (χ4v) is 4.27. The Bertz CT molecular complexity index is 921. The first-order chi connectivity index (χ1) is 17.3. The molecule has 0 heterocycles. The zero-order chi connectivity index (χ0) is 27.7. The standard InChI is InChI=1S/C31H44O6/c1-29(2,27(32)34-7)19-9-21-36-25-15-11-23(12-16-25)31(5,6)24-13-17-26(18-14-24)37-22-10-20-30(3,4)28(33)35-8/h11-18H,9-10,19-22H2,1-8H3. The summed E-state index contributed by atoms with van der Waals surface area (Å²) in [6, 6.07) is 16.4. The highest BCUT2D eigenvalue weighted by molar-refractivity contribution is 5.76. The molecule has 0 bridgehead atoms. The molecule has 0 saturated carbocycles. The van der Waals surface area contributed by atoms with Crippen LogP contribution in [0, 0.1) is 10.8 Å². The number of rotatable bonds is 14. The van der Waals surface area contributed by atoms with Crippen LogP contribution in [-0.2, 0) is 24.5 Å². The highest BCUT2D eigenvalue weighted by Gasteiger charge is 2.29. The van der Waals surface area contributed by atoms with Crippen LogP contribution in [0.15, 0.2) is 48.5 Å². The zero-order valence-electron chi connectivity index (χ0n) is 23.8. The lowest BCUT2D eigenvalue weighted by molar-refractivity contribution is -0.152. The van der Waals surface area contributed by atoms with Gasteiger partial charge in [-0.2, -0.15) is 0 Å². The summed E-state index contributed by atoms with van der Waals surface area (Å²) >= 11 is 0. The van der Waals surface area contributed by atoms with Gasteiger partial charge in [-0.25, -0.2) is 0 Å². The molecule has 0 fully saturated rings. The van der Waals surface area contributed by atoms with Gasteiger partial charge in [0.2, 0.25) is 0 Å². The smallest absolute Gasteiger partial charge is 0.311 e. The second-order valence-electron chi connectivity index (χ2n) is 11.3. The number of benzene rings is 2. The largest absolute Gasteiger partial charge is 0.494 e. The molecule has 0 aliphatic carbocycles. The van der Waals surface area contributed by atoms with Gasteiger partial charge in [0.1, 0.15) is 11.5 Å². The molecule has 6 nitrogen and oxygen atoms in total. The van der Waals surface area contributed by atoms with E-state index < -0.39 is 10.8 Å². The summed E-state index contributed by atoms with van der Waals surface area (Å²) in [5.74, 6) is 1.24. The molecule has 0 aliphatic rings. The monoisotopic (exact) mass is 512 g/mol. The average molecular weight is 513 g/mol. The summed E-state index contributed by atoms with van der Waals surface area (Å²) in [4.78, 5) is 23.6. The van der Waals surface area contributed by atoms with Gasteiger partial charge in [-0.05, 0) is 88.8 Å². The molecule has 204 valence electrons. The molecule has 0 radical (unpaired) electrons. The van der Waals surface area contributed by atoms with Gasteiger partial charge in [0, 0.05) is 5.41 Å². The quantitative estimate of drug-likeness (QED) is 0.206. The van der Waals surface area contributed by atoms with E-state index in [4.69, 9.17) is 18.9 Å². The van der Waals surface area contributed by atoms with Crippen molar-refractivity contribution in [2.24, 2.45) is 10.8 Å². The van der Waals surface area contributed by atoms with Crippen molar-refractivity contribution in [1.29, 1.82) is 0 Å². The van der Waals surface area contributed by atoms with Crippen LogP contribution in [0.25, 0.3) is 0 Å². The number of hydrogen-bond acceptors (Lipinski definition) is 6. The first kappa shape index (κ1) is 30.2. The highest BCUT2D eigenvalue weighted by Crippen LogP contribution is 2.33. The molecule has 0 aromatic heterocycles. The Balaban J connectivity index is 1.87. The second-order valence-corrected chi connectivity index (χ2v) is 11.3. The predicted octanol–water partition coefficient (Wildman–Crippen LogP) is 6.73. The number of hydrogen-bond donors (Lipinski definition) is 0. The molecular formula is C31H44O6. The second kappa shape index (κ2) is 13.0. The molecule has 2 rings (SSSR count). The third-order valence-corrected chi connectivity index (χ3v) is 7.06. The number of ether oxygens (including phenoxy) is 4. The van der Waals surface area contributed by atoms with Gasteiger partial charge in [0.15, 0.2) is 0 Å². The Kier molecular flexibility index (Phi) is 10.6. The summed E-state index contributed by atoms with van der Waals surface area (Å²) in [5.41, 5.74) is 1.17. The molecule has 0 saturated heterocycles. The first-order valence-corrected chi connectivity index (χ1v) is 13.0.